The zero-order chi connectivity index (χ0) is 15.0. The molecule has 1 aromatic rings. The van der Waals surface area contributed by atoms with Crippen LogP contribution in [0, 0.1) is 5.92 Å². The number of pyridine rings is 1. The van der Waals surface area contributed by atoms with Crippen LogP contribution in [-0.4, -0.2) is 35.4 Å². The number of amides is 1. The van der Waals surface area contributed by atoms with Crippen molar-refractivity contribution in [3.05, 3.63) is 24.0 Å². The van der Waals surface area contributed by atoms with Crippen LogP contribution in [0.25, 0.3) is 0 Å². The van der Waals surface area contributed by atoms with E-state index in [1.54, 1.807) is 12.3 Å². The molecule has 0 aliphatic rings. The number of aromatic nitrogens is 1. The van der Waals surface area contributed by atoms with Crippen LogP contribution in [0.15, 0.2) is 18.3 Å². The third-order valence-corrected chi connectivity index (χ3v) is 3.67. The van der Waals surface area contributed by atoms with Crippen LogP contribution < -0.4 is 5.32 Å². The fourth-order valence-electron chi connectivity index (χ4n) is 2.21. The first-order valence-corrected chi connectivity index (χ1v) is 7.65. The molecule has 1 rings (SSSR count). The van der Waals surface area contributed by atoms with Crippen LogP contribution in [0.2, 0.25) is 0 Å². The van der Waals surface area contributed by atoms with Crippen molar-refractivity contribution in [2.75, 3.05) is 25.0 Å². The molecule has 0 saturated heterocycles. The highest BCUT2D eigenvalue weighted by Crippen LogP contribution is 2.13. The van der Waals surface area contributed by atoms with Gasteiger partial charge in [-0.25, -0.2) is 4.98 Å². The van der Waals surface area contributed by atoms with Gasteiger partial charge in [0.1, 0.15) is 5.69 Å². The van der Waals surface area contributed by atoms with Gasteiger partial charge in [0.15, 0.2) is 0 Å². The van der Waals surface area contributed by atoms with Gasteiger partial charge >= 0.3 is 0 Å². The van der Waals surface area contributed by atoms with Crippen LogP contribution in [-0.2, 0) is 0 Å². The van der Waals surface area contributed by atoms with E-state index in [9.17, 15) is 4.79 Å². The minimum Gasteiger partial charge on any atom is -0.384 e. The van der Waals surface area contributed by atoms with Gasteiger partial charge in [0.05, 0.1) is 11.9 Å². The van der Waals surface area contributed by atoms with Crippen LogP contribution in [0.1, 0.15) is 51.0 Å². The zero-order valence-electron chi connectivity index (χ0n) is 13.1. The Bertz CT molecular complexity index is 399. The molecule has 0 unspecified atom stereocenters. The van der Waals surface area contributed by atoms with Crippen LogP contribution in [0.5, 0.6) is 0 Å². The number of nitrogens with zero attached hydrogens (tertiary/aromatic N) is 2. The van der Waals surface area contributed by atoms with E-state index in [1.165, 1.54) is 0 Å². The Morgan fingerprint density at radius 2 is 1.95 bits per heavy atom. The lowest BCUT2D eigenvalue weighted by Crippen LogP contribution is -2.35. The molecule has 1 heterocycles. The average Bonchev–Trinajstić information content (AvgIpc) is 2.49. The molecule has 0 aliphatic heterocycles. The first-order chi connectivity index (χ1) is 9.65. The summed E-state index contributed by atoms with van der Waals surface area (Å²) in [6.07, 6.45) is 3.93. The summed E-state index contributed by atoms with van der Waals surface area (Å²) in [7, 11) is 0. The molecule has 4 heteroatoms. The quantitative estimate of drug-likeness (QED) is 0.792. The molecule has 1 aromatic heterocycles. The van der Waals surface area contributed by atoms with Crippen molar-refractivity contribution in [2.24, 2.45) is 5.92 Å². The number of rotatable bonds is 8. The predicted molar refractivity (Wildman–Crippen MR) is 84.1 cm³/mol. The molecule has 0 radical (unpaired) electrons. The first-order valence-electron chi connectivity index (χ1n) is 7.65. The van der Waals surface area contributed by atoms with E-state index >= 15 is 0 Å². The van der Waals surface area contributed by atoms with E-state index in [1.807, 2.05) is 24.8 Å². The van der Waals surface area contributed by atoms with Crippen molar-refractivity contribution in [3.63, 3.8) is 0 Å². The van der Waals surface area contributed by atoms with Gasteiger partial charge in [-0.15, -0.1) is 0 Å². The number of carbonyl (C=O) groups is 1. The van der Waals surface area contributed by atoms with E-state index in [4.69, 9.17) is 0 Å². The number of hydrogen-bond acceptors (Lipinski definition) is 3. The average molecular weight is 277 g/mol. The van der Waals surface area contributed by atoms with Gasteiger partial charge in [0.2, 0.25) is 0 Å². The van der Waals surface area contributed by atoms with Crippen molar-refractivity contribution in [1.29, 1.82) is 0 Å². The fraction of sp³-hybridized carbons (Fsp3) is 0.625. The summed E-state index contributed by atoms with van der Waals surface area (Å²) in [6, 6.07) is 3.71. The van der Waals surface area contributed by atoms with E-state index in [0.717, 1.165) is 38.2 Å². The molecule has 0 aromatic carbocycles. The molecule has 0 spiro atoms. The van der Waals surface area contributed by atoms with Gasteiger partial charge in [-0.1, -0.05) is 26.7 Å². The van der Waals surface area contributed by atoms with Crippen molar-refractivity contribution >= 4 is 11.6 Å². The molecule has 1 N–H and O–H groups in total. The van der Waals surface area contributed by atoms with Gasteiger partial charge < -0.3 is 10.2 Å². The minimum absolute atomic E-state index is 0.0300. The summed E-state index contributed by atoms with van der Waals surface area (Å²) in [4.78, 5) is 18.6. The monoisotopic (exact) mass is 277 g/mol. The molecule has 0 saturated carbocycles. The van der Waals surface area contributed by atoms with E-state index in [2.05, 4.69) is 24.1 Å². The highest BCUT2D eigenvalue weighted by molar-refractivity contribution is 5.92. The van der Waals surface area contributed by atoms with E-state index in [-0.39, 0.29) is 5.91 Å². The highest BCUT2D eigenvalue weighted by atomic mass is 16.2. The molecular weight excluding hydrogens is 250 g/mol. The van der Waals surface area contributed by atoms with Gasteiger partial charge in [0.25, 0.3) is 5.91 Å². The standard InChI is InChI=1S/C16H27N3O/c1-5-13(6-2)12-19(8-4)16(20)15-10-9-14(11-18-15)17-7-3/h9-11,13,17H,5-8,12H2,1-4H3. The van der Waals surface area contributed by atoms with Gasteiger partial charge in [-0.05, 0) is 31.9 Å². The molecule has 20 heavy (non-hydrogen) atoms. The second-order valence-corrected chi connectivity index (χ2v) is 4.99. The van der Waals surface area contributed by atoms with Gasteiger partial charge in [-0.3, -0.25) is 4.79 Å². The summed E-state index contributed by atoms with van der Waals surface area (Å²) in [5.41, 5.74) is 1.48. The summed E-state index contributed by atoms with van der Waals surface area (Å²) in [5, 5.41) is 3.18. The fourth-order valence-corrected chi connectivity index (χ4v) is 2.21. The third kappa shape index (κ3) is 4.51. The Kier molecular flexibility index (Phi) is 7.05. The Balaban J connectivity index is 2.74. The lowest BCUT2D eigenvalue weighted by molar-refractivity contribution is 0.0729. The number of hydrogen-bond donors (Lipinski definition) is 1. The van der Waals surface area contributed by atoms with Gasteiger partial charge in [-0.2, -0.15) is 0 Å². The Labute approximate surface area is 122 Å². The van der Waals surface area contributed by atoms with Gasteiger partial charge in [0, 0.05) is 19.6 Å². The number of nitrogens with one attached hydrogen (secondary N) is 1. The summed E-state index contributed by atoms with van der Waals surface area (Å²) >= 11 is 0. The third-order valence-electron chi connectivity index (χ3n) is 3.67. The second-order valence-electron chi connectivity index (χ2n) is 4.99. The SMILES string of the molecule is CCNc1ccc(C(=O)N(CC)CC(CC)CC)nc1. The van der Waals surface area contributed by atoms with Crippen LogP contribution in [0.4, 0.5) is 5.69 Å². The molecule has 112 valence electrons. The summed E-state index contributed by atoms with van der Waals surface area (Å²) in [5.74, 6) is 0.599. The number of anilines is 1. The summed E-state index contributed by atoms with van der Waals surface area (Å²) < 4.78 is 0. The maximum atomic E-state index is 12.5. The molecule has 0 bridgehead atoms. The molecule has 4 nitrogen and oxygen atoms in total. The molecule has 0 aliphatic carbocycles. The molecule has 0 atom stereocenters. The minimum atomic E-state index is 0.0300. The van der Waals surface area contributed by atoms with E-state index in [0.29, 0.717) is 11.6 Å². The van der Waals surface area contributed by atoms with Crippen molar-refractivity contribution < 1.29 is 4.79 Å². The van der Waals surface area contributed by atoms with E-state index < -0.39 is 0 Å². The lowest BCUT2D eigenvalue weighted by Gasteiger charge is -2.25. The van der Waals surface area contributed by atoms with Crippen LogP contribution in [0.3, 0.4) is 0 Å². The molecule has 0 fully saturated rings. The second kappa shape index (κ2) is 8.56. The Hall–Kier alpha value is -1.58. The predicted octanol–water partition coefficient (Wildman–Crippen LogP) is 3.41. The maximum absolute atomic E-state index is 12.5. The summed E-state index contributed by atoms with van der Waals surface area (Å²) in [6.45, 7) is 10.8. The first kappa shape index (κ1) is 16.5. The Morgan fingerprint density at radius 3 is 2.40 bits per heavy atom. The maximum Gasteiger partial charge on any atom is 0.272 e. The Morgan fingerprint density at radius 1 is 1.25 bits per heavy atom. The van der Waals surface area contributed by atoms with Crippen molar-refractivity contribution in [2.45, 2.75) is 40.5 Å². The molecular formula is C16H27N3O. The highest BCUT2D eigenvalue weighted by Gasteiger charge is 2.18. The zero-order valence-corrected chi connectivity index (χ0v) is 13.1. The molecule has 1 amide bonds. The largest absolute Gasteiger partial charge is 0.384 e. The normalized spacial score (nSPS) is 10.7. The topological polar surface area (TPSA) is 45.2 Å². The van der Waals surface area contributed by atoms with Crippen LogP contribution >= 0.6 is 0 Å². The smallest absolute Gasteiger partial charge is 0.272 e. The van der Waals surface area contributed by atoms with Crippen molar-refractivity contribution in [1.82, 2.24) is 9.88 Å². The number of carbonyl (C=O) groups excluding carboxylic acids is 1. The lowest BCUT2D eigenvalue weighted by atomic mass is 10.0. The van der Waals surface area contributed by atoms with Crippen molar-refractivity contribution in [3.8, 4) is 0 Å².